The molecule has 0 radical (unpaired) electrons. The van der Waals surface area contributed by atoms with Gasteiger partial charge in [-0.2, -0.15) is 0 Å². The Kier molecular flexibility index (Phi) is 3.31. The van der Waals surface area contributed by atoms with E-state index in [0.717, 1.165) is 16.9 Å². The van der Waals surface area contributed by atoms with E-state index in [1.165, 1.54) is 10.1 Å². The van der Waals surface area contributed by atoms with Gasteiger partial charge in [0.2, 0.25) is 0 Å². The molecule has 3 nitrogen and oxygen atoms in total. The number of fused-ring (bicyclic) bond motifs is 1. The van der Waals surface area contributed by atoms with Gasteiger partial charge in [-0.3, -0.25) is 4.79 Å². The lowest BCUT2D eigenvalue weighted by atomic mass is 10.1. The van der Waals surface area contributed by atoms with Gasteiger partial charge in [0.25, 0.3) is 5.91 Å². The number of carbonyl (C=O) groups is 1. The van der Waals surface area contributed by atoms with E-state index < -0.39 is 8.07 Å². The Balaban J connectivity index is 2.20. The molecular formula is C18H18N2OSi. The Labute approximate surface area is 131 Å². The number of nitrogens with one attached hydrogen (secondary N) is 1. The summed E-state index contributed by atoms with van der Waals surface area (Å²) in [4.78, 5) is 17.1. The molecule has 4 heteroatoms. The van der Waals surface area contributed by atoms with Crippen LogP contribution < -0.4 is 10.1 Å². The number of aromatic nitrogens is 1. The zero-order valence-electron chi connectivity index (χ0n) is 13.0. The molecule has 0 unspecified atom stereocenters. The van der Waals surface area contributed by atoms with Crippen molar-refractivity contribution in [3.8, 4) is 12.5 Å². The molecule has 110 valence electrons. The molecule has 0 saturated carbocycles. The second-order valence-electron chi connectivity index (χ2n) is 6.44. The summed E-state index contributed by atoms with van der Waals surface area (Å²) in [5.74, 6) is -0.139. The first-order chi connectivity index (χ1) is 10.4. The molecule has 3 rings (SSSR count). The highest BCUT2D eigenvalue weighted by Crippen LogP contribution is 2.36. The van der Waals surface area contributed by atoms with Gasteiger partial charge in [-0.05, 0) is 24.3 Å². The number of nitrogens with zero attached hydrogens (tertiary/aromatic N) is 1. The molecule has 0 fully saturated rings. The van der Waals surface area contributed by atoms with Crippen LogP contribution in [-0.2, 0) is 4.79 Å². The molecule has 1 aliphatic rings. The Hall–Kier alpha value is -2.51. The van der Waals surface area contributed by atoms with Gasteiger partial charge in [-0.25, -0.2) is 4.90 Å². The van der Waals surface area contributed by atoms with E-state index in [-0.39, 0.29) is 5.91 Å². The third-order valence-electron chi connectivity index (χ3n) is 3.88. The number of hydrogen-bond acceptors (Lipinski definition) is 1. The van der Waals surface area contributed by atoms with E-state index >= 15 is 0 Å². The maximum atomic E-state index is 12.6. The topological polar surface area (TPSA) is 36.1 Å². The number of amides is 1. The molecule has 0 bridgehead atoms. The Morgan fingerprint density at radius 1 is 1.27 bits per heavy atom. The van der Waals surface area contributed by atoms with Crippen molar-refractivity contribution in [1.82, 2.24) is 4.98 Å². The predicted octanol–water partition coefficient (Wildman–Crippen LogP) is 3.04. The standard InChI is InChI=1S/C18H18N2OSi/c1-5-20-17-9-8-14(22(2,3)4)12-15(17)16(18(20)21)11-13-7-6-10-19-13/h1,6-12,19H,2-4H3. The van der Waals surface area contributed by atoms with Crippen molar-refractivity contribution in [2.24, 2.45) is 0 Å². The predicted molar refractivity (Wildman–Crippen MR) is 94.4 cm³/mol. The lowest BCUT2D eigenvalue weighted by molar-refractivity contribution is -0.112. The number of carbonyl (C=O) groups excluding carboxylic acids is 1. The lowest BCUT2D eigenvalue weighted by Crippen LogP contribution is -2.37. The Bertz CT molecular complexity index is 805. The maximum absolute atomic E-state index is 12.6. The number of aromatic amines is 1. The number of anilines is 1. The summed E-state index contributed by atoms with van der Waals surface area (Å²) < 4.78 is 0. The van der Waals surface area contributed by atoms with Crippen LogP contribution in [0.25, 0.3) is 11.6 Å². The average Bonchev–Trinajstić information content (AvgIpc) is 3.05. The Morgan fingerprint density at radius 3 is 2.64 bits per heavy atom. The molecule has 1 aromatic heterocycles. The van der Waals surface area contributed by atoms with E-state index in [0.29, 0.717) is 5.57 Å². The minimum Gasteiger partial charge on any atom is -0.362 e. The van der Waals surface area contributed by atoms with Crippen LogP contribution in [0.2, 0.25) is 19.6 Å². The van der Waals surface area contributed by atoms with Crippen LogP contribution in [0.15, 0.2) is 36.5 Å². The first-order valence-corrected chi connectivity index (χ1v) is 10.7. The fourth-order valence-corrected chi connectivity index (χ4v) is 3.78. The smallest absolute Gasteiger partial charge is 0.270 e. The van der Waals surface area contributed by atoms with E-state index in [9.17, 15) is 4.79 Å². The molecular weight excluding hydrogens is 288 g/mol. The van der Waals surface area contributed by atoms with Crippen LogP contribution in [0.4, 0.5) is 5.69 Å². The van der Waals surface area contributed by atoms with Gasteiger partial charge in [0.05, 0.1) is 19.3 Å². The first kappa shape index (κ1) is 14.4. The summed E-state index contributed by atoms with van der Waals surface area (Å²) in [6.07, 6.45) is 9.23. The zero-order chi connectivity index (χ0) is 15.9. The maximum Gasteiger partial charge on any atom is 0.270 e. The van der Waals surface area contributed by atoms with Crippen LogP contribution in [0.1, 0.15) is 11.3 Å². The summed E-state index contributed by atoms with van der Waals surface area (Å²) >= 11 is 0. The Morgan fingerprint density at radius 2 is 2.05 bits per heavy atom. The van der Waals surface area contributed by atoms with Crippen molar-refractivity contribution in [1.29, 1.82) is 0 Å². The van der Waals surface area contributed by atoms with Crippen LogP contribution in [0, 0.1) is 12.5 Å². The molecule has 1 aliphatic heterocycles. The van der Waals surface area contributed by atoms with Crippen LogP contribution in [-0.4, -0.2) is 19.0 Å². The lowest BCUT2D eigenvalue weighted by Gasteiger charge is -2.18. The molecule has 2 heterocycles. The fourth-order valence-electron chi connectivity index (χ4n) is 2.62. The van der Waals surface area contributed by atoms with E-state index in [1.807, 2.05) is 30.5 Å². The molecule has 2 aromatic rings. The fraction of sp³-hybridized carbons (Fsp3) is 0.167. The van der Waals surface area contributed by atoms with Crippen molar-refractivity contribution in [2.45, 2.75) is 19.6 Å². The summed E-state index contributed by atoms with van der Waals surface area (Å²) in [5.41, 5.74) is 3.27. The summed E-state index contributed by atoms with van der Waals surface area (Å²) in [7, 11) is -1.46. The molecule has 0 spiro atoms. The van der Waals surface area contributed by atoms with Crippen LogP contribution >= 0.6 is 0 Å². The van der Waals surface area contributed by atoms with Gasteiger partial charge in [-0.15, -0.1) is 0 Å². The van der Waals surface area contributed by atoms with Gasteiger partial charge in [-0.1, -0.05) is 43.4 Å². The molecule has 22 heavy (non-hydrogen) atoms. The number of H-pyrrole nitrogens is 1. The minimum atomic E-state index is -1.46. The number of benzene rings is 1. The summed E-state index contributed by atoms with van der Waals surface area (Å²) in [6, 6.07) is 12.5. The van der Waals surface area contributed by atoms with E-state index in [2.05, 4.69) is 42.8 Å². The molecule has 1 amide bonds. The zero-order valence-corrected chi connectivity index (χ0v) is 14.0. The van der Waals surface area contributed by atoms with Gasteiger partial charge in [0, 0.05) is 23.5 Å². The monoisotopic (exact) mass is 306 g/mol. The van der Waals surface area contributed by atoms with Gasteiger partial charge < -0.3 is 4.98 Å². The number of rotatable bonds is 2. The van der Waals surface area contributed by atoms with Crippen molar-refractivity contribution >= 4 is 36.5 Å². The second kappa shape index (κ2) is 5.04. The van der Waals surface area contributed by atoms with Crippen LogP contribution in [0.3, 0.4) is 0 Å². The van der Waals surface area contributed by atoms with E-state index in [1.54, 1.807) is 0 Å². The normalized spacial score (nSPS) is 16.0. The number of terminal acetylenes is 1. The molecule has 1 N–H and O–H groups in total. The molecule has 1 aromatic carbocycles. The highest BCUT2D eigenvalue weighted by Gasteiger charge is 2.33. The highest BCUT2D eigenvalue weighted by molar-refractivity contribution is 6.88. The van der Waals surface area contributed by atoms with Crippen molar-refractivity contribution in [3.05, 3.63) is 47.8 Å². The van der Waals surface area contributed by atoms with Crippen molar-refractivity contribution in [2.75, 3.05) is 4.90 Å². The van der Waals surface area contributed by atoms with Crippen molar-refractivity contribution in [3.63, 3.8) is 0 Å². The minimum absolute atomic E-state index is 0.139. The quantitative estimate of drug-likeness (QED) is 0.517. The molecule has 0 saturated heterocycles. The summed E-state index contributed by atoms with van der Waals surface area (Å²) in [5, 5.41) is 1.32. The first-order valence-electron chi connectivity index (χ1n) is 7.22. The average molecular weight is 306 g/mol. The molecule has 0 atom stereocenters. The third-order valence-corrected chi connectivity index (χ3v) is 5.92. The van der Waals surface area contributed by atoms with Gasteiger partial charge >= 0.3 is 0 Å². The second-order valence-corrected chi connectivity index (χ2v) is 11.5. The largest absolute Gasteiger partial charge is 0.362 e. The number of hydrogen-bond donors (Lipinski definition) is 1. The third kappa shape index (κ3) is 2.30. The summed E-state index contributed by atoms with van der Waals surface area (Å²) in [6.45, 7) is 6.87. The highest BCUT2D eigenvalue weighted by atomic mass is 28.3. The van der Waals surface area contributed by atoms with E-state index in [4.69, 9.17) is 6.42 Å². The van der Waals surface area contributed by atoms with Gasteiger partial charge in [0.15, 0.2) is 0 Å². The van der Waals surface area contributed by atoms with Gasteiger partial charge in [0.1, 0.15) is 0 Å². The van der Waals surface area contributed by atoms with Crippen LogP contribution in [0.5, 0.6) is 0 Å². The molecule has 0 aliphatic carbocycles. The van der Waals surface area contributed by atoms with Crippen molar-refractivity contribution < 1.29 is 4.79 Å². The SMILES string of the molecule is C#CN1C(=O)C(=Cc2ccc[nH]2)c2cc([Si](C)(C)C)ccc21.